The van der Waals surface area contributed by atoms with Gasteiger partial charge in [0, 0.05) is 5.92 Å². The van der Waals surface area contributed by atoms with E-state index in [0.717, 1.165) is 8.97 Å². The van der Waals surface area contributed by atoms with E-state index in [-0.39, 0.29) is 48.0 Å². The first-order valence-electron chi connectivity index (χ1n) is 6.32. The molecular formula is C15H28I2N2. The molecule has 1 atom stereocenters. The van der Waals surface area contributed by atoms with Crippen LogP contribution in [0.4, 0.5) is 5.69 Å². The van der Waals surface area contributed by atoms with Crippen LogP contribution >= 0.6 is 0 Å². The highest BCUT2D eigenvalue weighted by molar-refractivity contribution is 5.43. The summed E-state index contributed by atoms with van der Waals surface area (Å²) in [6, 6.07) is 9.06. The number of hydrogen-bond acceptors (Lipinski definition) is 0. The molecule has 0 saturated heterocycles. The van der Waals surface area contributed by atoms with E-state index in [9.17, 15) is 0 Å². The van der Waals surface area contributed by atoms with Crippen molar-refractivity contribution in [3.05, 3.63) is 29.8 Å². The lowest BCUT2D eigenvalue weighted by atomic mass is 9.99. The fraction of sp³-hybridized carbons (Fsp3) is 0.600. The molecule has 0 fully saturated rings. The highest BCUT2D eigenvalue weighted by atomic mass is 127. The van der Waals surface area contributed by atoms with E-state index in [0.29, 0.717) is 5.92 Å². The molecule has 1 unspecified atom stereocenters. The topological polar surface area (TPSA) is 0 Å². The van der Waals surface area contributed by atoms with Crippen LogP contribution in [0.2, 0.25) is 0 Å². The lowest BCUT2D eigenvalue weighted by Crippen LogP contribution is -3.00. The molecule has 4 heteroatoms. The first-order chi connectivity index (χ1) is 7.59. The first kappa shape index (κ1) is 21.9. The zero-order valence-electron chi connectivity index (χ0n) is 13.2. The van der Waals surface area contributed by atoms with E-state index in [2.05, 4.69) is 73.5 Å². The highest BCUT2D eigenvalue weighted by Crippen LogP contribution is 2.22. The minimum atomic E-state index is 0. The molecule has 19 heavy (non-hydrogen) atoms. The van der Waals surface area contributed by atoms with Crippen molar-refractivity contribution in [1.82, 2.24) is 4.48 Å². The van der Waals surface area contributed by atoms with Gasteiger partial charge >= 0.3 is 0 Å². The maximum Gasteiger partial charge on any atom is 0.132 e. The smallest absolute Gasteiger partial charge is 0.132 e. The third-order valence-electron chi connectivity index (χ3n) is 3.06. The SMILES string of the molecule is CC(C[N+](C)(C)C)c1ccc([N+](C)(C)C)cc1.[I-].[I-]. The predicted molar refractivity (Wildman–Crippen MR) is 77.3 cm³/mol. The summed E-state index contributed by atoms with van der Waals surface area (Å²) in [6.45, 7) is 3.48. The fourth-order valence-electron chi connectivity index (χ4n) is 2.18. The van der Waals surface area contributed by atoms with E-state index in [1.165, 1.54) is 17.8 Å². The van der Waals surface area contributed by atoms with Gasteiger partial charge in [0.15, 0.2) is 0 Å². The molecule has 0 aromatic heterocycles. The zero-order chi connectivity index (χ0) is 13.3. The van der Waals surface area contributed by atoms with Gasteiger partial charge in [-0.25, -0.2) is 0 Å². The fourth-order valence-corrected chi connectivity index (χ4v) is 2.18. The second-order valence-electron chi connectivity index (χ2n) is 6.98. The Hall–Kier alpha value is 0.600. The Morgan fingerprint density at radius 1 is 0.842 bits per heavy atom. The molecule has 0 aliphatic rings. The molecule has 0 aliphatic heterocycles. The number of likely N-dealkylation sites (N-methyl/N-ethyl adjacent to an activating group) is 1. The van der Waals surface area contributed by atoms with Crippen LogP contribution < -0.4 is 52.4 Å². The van der Waals surface area contributed by atoms with Crippen molar-refractivity contribution in [3.8, 4) is 0 Å². The standard InChI is InChI=1S/C15H28N2.2HI/c1-13(12-16(2,3)4)14-8-10-15(11-9-14)17(5,6)7;;/h8-11,13H,12H2,1-7H3;2*1H/q+2;;/p-2. The summed E-state index contributed by atoms with van der Waals surface area (Å²) in [7, 11) is 13.3. The van der Waals surface area contributed by atoms with Crippen LogP contribution in [-0.2, 0) is 0 Å². The summed E-state index contributed by atoms with van der Waals surface area (Å²) >= 11 is 0. The van der Waals surface area contributed by atoms with Gasteiger partial charge in [0.25, 0.3) is 0 Å². The Balaban J connectivity index is 0. The molecule has 1 aromatic carbocycles. The van der Waals surface area contributed by atoms with Crippen molar-refractivity contribution in [2.75, 3.05) is 48.8 Å². The molecule has 0 N–H and O–H groups in total. The highest BCUT2D eigenvalue weighted by Gasteiger charge is 2.17. The van der Waals surface area contributed by atoms with Gasteiger partial charge in [0.2, 0.25) is 0 Å². The van der Waals surface area contributed by atoms with E-state index in [1.54, 1.807) is 0 Å². The average molecular weight is 490 g/mol. The zero-order valence-corrected chi connectivity index (χ0v) is 17.6. The van der Waals surface area contributed by atoms with Crippen LogP contribution in [0.5, 0.6) is 0 Å². The van der Waals surface area contributed by atoms with Crippen molar-refractivity contribution in [1.29, 1.82) is 0 Å². The minimum absolute atomic E-state index is 0. The normalized spacial score (nSPS) is 13.2. The largest absolute Gasteiger partial charge is 1.00 e. The molecule has 0 radical (unpaired) electrons. The Morgan fingerprint density at radius 2 is 1.26 bits per heavy atom. The van der Waals surface area contributed by atoms with E-state index in [4.69, 9.17) is 0 Å². The Bertz CT molecular complexity index is 361. The number of halogens is 2. The van der Waals surface area contributed by atoms with Gasteiger partial charge in [-0.3, -0.25) is 4.48 Å². The maximum absolute atomic E-state index is 2.31. The summed E-state index contributed by atoms with van der Waals surface area (Å²) in [6.07, 6.45) is 0. The Morgan fingerprint density at radius 3 is 1.58 bits per heavy atom. The van der Waals surface area contributed by atoms with Gasteiger partial charge in [0.05, 0.1) is 48.8 Å². The number of quaternary nitrogens is 2. The Labute approximate surface area is 153 Å². The molecule has 1 aromatic rings. The number of hydrogen-bond donors (Lipinski definition) is 0. The molecule has 1 rings (SSSR count). The van der Waals surface area contributed by atoms with Crippen LogP contribution in [-0.4, -0.2) is 53.3 Å². The molecule has 112 valence electrons. The van der Waals surface area contributed by atoms with Gasteiger partial charge in [-0.05, 0) is 17.7 Å². The first-order valence-corrected chi connectivity index (χ1v) is 6.32. The summed E-state index contributed by atoms with van der Waals surface area (Å²) in [5.74, 6) is 0.608. The van der Waals surface area contributed by atoms with Crippen LogP contribution in [0, 0.1) is 0 Å². The third kappa shape index (κ3) is 7.82. The average Bonchev–Trinajstić information content (AvgIpc) is 2.14. The lowest BCUT2D eigenvalue weighted by molar-refractivity contribution is -0.871. The summed E-state index contributed by atoms with van der Waals surface area (Å²) in [5.41, 5.74) is 2.79. The van der Waals surface area contributed by atoms with Crippen molar-refractivity contribution in [3.63, 3.8) is 0 Å². The minimum Gasteiger partial charge on any atom is -1.00 e. The summed E-state index contributed by atoms with van der Waals surface area (Å²) < 4.78 is 1.89. The van der Waals surface area contributed by atoms with E-state index >= 15 is 0 Å². The third-order valence-corrected chi connectivity index (χ3v) is 3.06. The molecule has 2 nitrogen and oxygen atoms in total. The van der Waals surface area contributed by atoms with Crippen molar-refractivity contribution in [2.45, 2.75) is 12.8 Å². The van der Waals surface area contributed by atoms with Crippen molar-refractivity contribution < 1.29 is 52.4 Å². The lowest BCUT2D eigenvalue weighted by Gasteiger charge is -2.28. The van der Waals surface area contributed by atoms with Gasteiger partial charge in [-0.2, -0.15) is 0 Å². The summed E-state index contributed by atoms with van der Waals surface area (Å²) in [5, 5.41) is 0. The molecule has 0 bridgehead atoms. The quantitative estimate of drug-likeness (QED) is 0.307. The van der Waals surface area contributed by atoms with Gasteiger partial charge < -0.3 is 52.4 Å². The van der Waals surface area contributed by atoms with Crippen LogP contribution in [0.1, 0.15) is 18.4 Å². The van der Waals surface area contributed by atoms with E-state index in [1.807, 2.05) is 0 Å². The van der Waals surface area contributed by atoms with Crippen molar-refractivity contribution in [2.24, 2.45) is 0 Å². The number of nitrogens with zero attached hydrogens (tertiary/aromatic N) is 2. The predicted octanol–water partition coefficient (Wildman–Crippen LogP) is -3.30. The second kappa shape index (κ2) is 8.14. The van der Waals surface area contributed by atoms with Crippen LogP contribution in [0.3, 0.4) is 0 Å². The maximum atomic E-state index is 2.31. The van der Waals surface area contributed by atoms with E-state index < -0.39 is 0 Å². The molecule has 0 saturated carbocycles. The Kier molecular flexibility index (Phi) is 9.38. The van der Waals surface area contributed by atoms with Gasteiger partial charge in [-0.1, -0.05) is 19.1 Å². The molecular weight excluding hydrogens is 462 g/mol. The molecule has 0 amide bonds. The van der Waals surface area contributed by atoms with Crippen LogP contribution in [0.25, 0.3) is 0 Å². The second-order valence-corrected chi connectivity index (χ2v) is 6.98. The monoisotopic (exact) mass is 490 g/mol. The molecule has 0 heterocycles. The molecule has 0 spiro atoms. The van der Waals surface area contributed by atoms with Crippen LogP contribution in [0.15, 0.2) is 24.3 Å². The van der Waals surface area contributed by atoms with Crippen molar-refractivity contribution >= 4 is 5.69 Å². The number of benzene rings is 1. The van der Waals surface area contributed by atoms with Gasteiger partial charge in [-0.15, -0.1) is 0 Å². The number of rotatable bonds is 4. The van der Waals surface area contributed by atoms with Gasteiger partial charge in [0.1, 0.15) is 5.69 Å². The molecule has 0 aliphatic carbocycles. The summed E-state index contributed by atoms with van der Waals surface area (Å²) in [4.78, 5) is 0.